The molecule has 1 fully saturated rings. The first-order chi connectivity index (χ1) is 9.24. The highest BCUT2D eigenvalue weighted by Gasteiger charge is 2.22. The van der Waals surface area contributed by atoms with Gasteiger partial charge in [0.25, 0.3) is 0 Å². The summed E-state index contributed by atoms with van der Waals surface area (Å²) in [5, 5.41) is 17.8. The molecule has 1 aromatic rings. The SMILES string of the molecule is N#Cc1cc(N)cnc1N1CCC(OCCO)CC1. The fourth-order valence-electron chi connectivity index (χ4n) is 2.26. The zero-order valence-corrected chi connectivity index (χ0v) is 10.7. The molecule has 19 heavy (non-hydrogen) atoms. The predicted molar refractivity (Wildman–Crippen MR) is 71.6 cm³/mol. The zero-order chi connectivity index (χ0) is 13.7. The lowest BCUT2D eigenvalue weighted by Gasteiger charge is -2.33. The number of nitriles is 1. The third-order valence-electron chi connectivity index (χ3n) is 3.19. The molecule has 0 spiro atoms. The summed E-state index contributed by atoms with van der Waals surface area (Å²) in [4.78, 5) is 6.34. The van der Waals surface area contributed by atoms with Crippen molar-refractivity contribution in [3.8, 4) is 6.07 Å². The molecule has 1 aliphatic heterocycles. The van der Waals surface area contributed by atoms with Gasteiger partial charge in [-0.15, -0.1) is 0 Å². The van der Waals surface area contributed by atoms with Crippen molar-refractivity contribution in [1.29, 1.82) is 5.26 Å². The number of pyridine rings is 1. The molecule has 0 unspecified atom stereocenters. The maximum atomic E-state index is 9.12. The largest absolute Gasteiger partial charge is 0.397 e. The maximum Gasteiger partial charge on any atom is 0.146 e. The Morgan fingerprint density at radius 1 is 1.53 bits per heavy atom. The molecular weight excluding hydrogens is 244 g/mol. The van der Waals surface area contributed by atoms with Gasteiger partial charge in [-0.25, -0.2) is 4.98 Å². The Hall–Kier alpha value is -1.84. The van der Waals surface area contributed by atoms with Gasteiger partial charge in [-0.3, -0.25) is 0 Å². The first kappa shape index (κ1) is 13.6. The van der Waals surface area contributed by atoms with E-state index < -0.39 is 0 Å². The van der Waals surface area contributed by atoms with Crippen LogP contribution in [0.15, 0.2) is 12.3 Å². The molecule has 1 aromatic heterocycles. The van der Waals surface area contributed by atoms with E-state index in [1.807, 2.05) is 0 Å². The number of anilines is 2. The van der Waals surface area contributed by atoms with E-state index >= 15 is 0 Å². The van der Waals surface area contributed by atoms with Crippen LogP contribution in [0.4, 0.5) is 11.5 Å². The molecule has 0 amide bonds. The number of rotatable bonds is 4. The summed E-state index contributed by atoms with van der Waals surface area (Å²) in [5.41, 5.74) is 6.64. The van der Waals surface area contributed by atoms with Gasteiger partial charge in [0.1, 0.15) is 11.9 Å². The van der Waals surface area contributed by atoms with Crippen LogP contribution in [-0.4, -0.2) is 42.5 Å². The molecule has 6 nitrogen and oxygen atoms in total. The van der Waals surface area contributed by atoms with Gasteiger partial charge in [-0.2, -0.15) is 5.26 Å². The minimum Gasteiger partial charge on any atom is -0.397 e. The number of hydrogen-bond donors (Lipinski definition) is 2. The van der Waals surface area contributed by atoms with Gasteiger partial charge in [-0.1, -0.05) is 0 Å². The summed E-state index contributed by atoms with van der Waals surface area (Å²) in [6.07, 6.45) is 3.50. The average molecular weight is 262 g/mol. The standard InChI is InChI=1S/C13H18N4O2/c14-8-10-7-11(15)9-16-13(10)17-3-1-12(2-4-17)19-6-5-18/h7,9,12,18H,1-6,15H2. The third kappa shape index (κ3) is 3.34. The van der Waals surface area contributed by atoms with E-state index in [-0.39, 0.29) is 12.7 Å². The summed E-state index contributed by atoms with van der Waals surface area (Å²) in [6.45, 7) is 2.02. The number of piperidine rings is 1. The van der Waals surface area contributed by atoms with Crippen LogP contribution in [0.1, 0.15) is 18.4 Å². The molecule has 0 aliphatic carbocycles. The number of aromatic nitrogens is 1. The first-order valence-corrected chi connectivity index (χ1v) is 6.37. The highest BCUT2D eigenvalue weighted by molar-refractivity contribution is 5.59. The molecule has 102 valence electrons. The Bertz CT molecular complexity index is 464. The molecule has 2 heterocycles. The van der Waals surface area contributed by atoms with Gasteiger partial charge in [0.05, 0.1) is 36.8 Å². The highest BCUT2D eigenvalue weighted by Crippen LogP contribution is 2.23. The van der Waals surface area contributed by atoms with Gasteiger partial charge in [0.2, 0.25) is 0 Å². The molecule has 0 bridgehead atoms. The highest BCUT2D eigenvalue weighted by atomic mass is 16.5. The van der Waals surface area contributed by atoms with Crippen LogP contribution in [-0.2, 0) is 4.74 Å². The Morgan fingerprint density at radius 2 is 2.26 bits per heavy atom. The fourth-order valence-corrected chi connectivity index (χ4v) is 2.26. The van der Waals surface area contributed by atoms with Gasteiger partial charge in [-0.05, 0) is 18.9 Å². The first-order valence-electron chi connectivity index (χ1n) is 6.37. The molecule has 0 radical (unpaired) electrons. The number of nitrogens with zero attached hydrogens (tertiary/aromatic N) is 3. The Balaban J connectivity index is 2.00. The molecule has 2 rings (SSSR count). The summed E-state index contributed by atoms with van der Waals surface area (Å²) >= 11 is 0. The minimum atomic E-state index is 0.0539. The molecule has 1 aliphatic rings. The van der Waals surface area contributed by atoms with E-state index in [1.54, 1.807) is 12.3 Å². The summed E-state index contributed by atoms with van der Waals surface area (Å²) in [7, 11) is 0. The second kappa shape index (κ2) is 6.36. The Labute approximate surface area is 112 Å². The molecule has 0 saturated carbocycles. The van der Waals surface area contributed by atoms with Crippen LogP contribution < -0.4 is 10.6 Å². The number of hydrogen-bond acceptors (Lipinski definition) is 6. The Morgan fingerprint density at radius 3 is 2.89 bits per heavy atom. The average Bonchev–Trinajstić information content (AvgIpc) is 2.45. The van der Waals surface area contributed by atoms with Crippen molar-refractivity contribution in [3.63, 3.8) is 0 Å². The zero-order valence-electron chi connectivity index (χ0n) is 10.7. The molecule has 0 atom stereocenters. The number of nitrogens with two attached hydrogens (primary N) is 1. The van der Waals surface area contributed by atoms with E-state index in [2.05, 4.69) is 16.0 Å². The third-order valence-corrected chi connectivity index (χ3v) is 3.19. The Kier molecular flexibility index (Phi) is 4.55. The topological polar surface area (TPSA) is 95.4 Å². The lowest BCUT2D eigenvalue weighted by Crippen LogP contribution is -2.38. The fraction of sp³-hybridized carbons (Fsp3) is 0.538. The van der Waals surface area contributed by atoms with E-state index in [1.165, 1.54) is 0 Å². The molecule has 1 saturated heterocycles. The van der Waals surface area contributed by atoms with E-state index in [0.29, 0.717) is 23.7 Å². The van der Waals surface area contributed by atoms with Crippen LogP contribution in [0.3, 0.4) is 0 Å². The normalized spacial score (nSPS) is 16.3. The van der Waals surface area contributed by atoms with Gasteiger partial charge in [0, 0.05) is 13.1 Å². The maximum absolute atomic E-state index is 9.12. The number of nitrogen functional groups attached to an aromatic ring is 1. The summed E-state index contributed by atoms with van der Waals surface area (Å²) < 4.78 is 5.51. The second-order valence-corrected chi connectivity index (χ2v) is 4.53. The van der Waals surface area contributed by atoms with E-state index in [0.717, 1.165) is 25.9 Å². The van der Waals surface area contributed by atoms with Crippen molar-refractivity contribution >= 4 is 11.5 Å². The lowest BCUT2D eigenvalue weighted by atomic mass is 10.1. The molecule has 6 heteroatoms. The number of ether oxygens (including phenoxy) is 1. The predicted octanol–water partition coefficient (Wildman–Crippen LogP) is 0.513. The smallest absolute Gasteiger partial charge is 0.146 e. The van der Waals surface area contributed by atoms with Crippen molar-refractivity contribution in [2.75, 3.05) is 36.9 Å². The van der Waals surface area contributed by atoms with Crippen LogP contribution in [0.2, 0.25) is 0 Å². The van der Waals surface area contributed by atoms with Gasteiger partial charge < -0.3 is 20.5 Å². The van der Waals surface area contributed by atoms with Gasteiger partial charge in [0.15, 0.2) is 0 Å². The van der Waals surface area contributed by atoms with Crippen molar-refractivity contribution in [1.82, 2.24) is 4.98 Å². The lowest BCUT2D eigenvalue weighted by molar-refractivity contribution is 0.0158. The van der Waals surface area contributed by atoms with Crippen LogP contribution >= 0.6 is 0 Å². The molecular formula is C13H18N4O2. The van der Waals surface area contributed by atoms with E-state index in [9.17, 15) is 0 Å². The van der Waals surface area contributed by atoms with E-state index in [4.69, 9.17) is 20.8 Å². The molecule has 0 aromatic carbocycles. The quantitative estimate of drug-likeness (QED) is 0.821. The van der Waals surface area contributed by atoms with Crippen molar-refractivity contribution in [2.24, 2.45) is 0 Å². The van der Waals surface area contributed by atoms with Crippen molar-refractivity contribution in [2.45, 2.75) is 18.9 Å². The van der Waals surface area contributed by atoms with Gasteiger partial charge >= 0.3 is 0 Å². The summed E-state index contributed by atoms with van der Waals surface area (Å²) in [5.74, 6) is 0.692. The number of aliphatic hydroxyl groups excluding tert-OH is 1. The van der Waals surface area contributed by atoms with Crippen LogP contribution in [0.25, 0.3) is 0 Å². The number of aliphatic hydroxyl groups is 1. The minimum absolute atomic E-state index is 0.0539. The molecule has 3 N–H and O–H groups in total. The van der Waals surface area contributed by atoms with Crippen LogP contribution in [0, 0.1) is 11.3 Å². The van der Waals surface area contributed by atoms with Crippen LogP contribution in [0.5, 0.6) is 0 Å². The monoisotopic (exact) mass is 262 g/mol. The second-order valence-electron chi connectivity index (χ2n) is 4.53. The van der Waals surface area contributed by atoms with Crippen molar-refractivity contribution in [3.05, 3.63) is 17.8 Å². The summed E-state index contributed by atoms with van der Waals surface area (Å²) in [6, 6.07) is 3.78. The van der Waals surface area contributed by atoms with Crippen molar-refractivity contribution < 1.29 is 9.84 Å².